The number of anilines is 2. The van der Waals surface area contributed by atoms with E-state index in [1.54, 1.807) is 24.3 Å². The highest BCUT2D eigenvalue weighted by Gasteiger charge is 2.33. The Morgan fingerprint density at radius 1 is 1.00 bits per heavy atom. The van der Waals surface area contributed by atoms with Crippen molar-refractivity contribution in [2.24, 2.45) is 5.92 Å². The lowest BCUT2D eigenvalue weighted by Gasteiger charge is -2.30. The number of sulfonamides is 1. The number of benzene rings is 2. The van der Waals surface area contributed by atoms with E-state index in [0.717, 1.165) is 0 Å². The van der Waals surface area contributed by atoms with Crippen molar-refractivity contribution in [2.75, 3.05) is 30.8 Å². The Bertz CT molecular complexity index is 1070. The molecule has 0 unspecified atom stereocenters. The molecule has 0 atom stereocenters. The van der Waals surface area contributed by atoms with E-state index in [0.29, 0.717) is 24.2 Å². The molecular formula is C20H21Cl2N3O5S. The smallest absolute Gasteiger partial charge is 0.411 e. The van der Waals surface area contributed by atoms with Crippen molar-refractivity contribution in [2.45, 2.75) is 17.7 Å². The number of nitrogens with one attached hydrogen (secondary N) is 2. The largest absolute Gasteiger partial charge is 0.453 e. The first kappa shape index (κ1) is 23.3. The van der Waals surface area contributed by atoms with Gasteiger partial charge in [0.15, 0.2) is 0 Å². The number of halogens is 2. The van der Waals surface area contributed by atoms with E-state index < -0.39 is 16.1 Å². The molecule has 2 amide bonds. The molecule has 0 saturated carbocycles. The molecule has 1 aliphatic heterocycles. The third-order valence-corrected chi connectivity index (χ3v) is 7.54. The van der Waals surface area contributed by atoms with Crippen molar-refractivity contribution in [3.05, 3.63) is 52.5 Å². The molecule has 0 aliphatic carbocycles. The van der Waals surface area contributed by atoms with Gasteiger partial charge in [0, 0.05) is 35.4 Å². The van der Waals surface area contributed by atoms with Crippen LogP contribution >= 0.6 is 23.2 Å². The van der Waals surface area contributed by atoms with Gasteiger partial charge < -0.3 is 10.1 Å². The van der Waals surface area contributed by atoms with Crippen LogP contribution in [0.15, 0.2) is 47.4 Å². The molecule has 1 saturated heterocycles. The fraction of sp³-hybridized carbons (Fsp3) is 0.300. The van der Waals surface area contributed by atoms with Crippen molar-refractivity contribution in [1.82, 2.24) is 4.31 Å². The Hall–Kier alpha value is -2.33. The Morgan fingerprint density at radius 3 is 2.16 bits per heavy atom. The molecule has 2 aromatic rings. The molecule has 3 rings (SSSR count). The van der Waals surface area contributed by atoms with Crippen LogP contribution in [0.25, 0.3) is 0 Å². The summed E-state index contributed by atoms with van der Waals surface area (Å²) in [4.78, 5) is 23.8. The average Bonchev–Trinajstić information content (AvgIpc) is 2.76. The molecule has 0 bridgehead atoms. The van der Waals surface area contributed by atoms with E-state index >= 15 is 0 Å². The monoisotopic (exact) mass is 485 g/mol. The third kappa shape index (κ3) is 5.68. The molecule has 1 fully saturated rings. The third-order valence-electron chi connectivity index (χ3n) is 4.92. The maximum atomic E-state index is 12.9. The molecule has 11 heteroatoms. The first-order chi connectivity index (χ1) is 14.7. The van der Waals surface area contributed by atoms with Gasteiger partial charge in [-0.05, 0) is 55.3 Å². The van der Waals surface area contributed by atoms with Gasteiger partial charge in [0.2, 0.25) is 15.9 Å². The fourth-order valence-electron chi connectivity index (χ4n) is 3.22. The van der Waals surface area contributed by atoms with E-state index in [9.17, 15) is 18.0 Å². The van der Waals surface area contributed by atoms with E-state index in [1.165, 1.54) is 29.6 Å². The summed E-state index contributed by atoms with van der Waals surface area (Å²) in [6, 6.07) is 10.9. The summed E-state index contributed by atoms with van der Waals surface area (Å²) in [7, 11) is -2.53. The van der Waals surface area contributed by atoms with Crippen LogP contribution in [-0.2, 0) is 19.6 Å². The van der Waals surface area contributed by atoms with Crippen LogP contribution in [0.5, 0.6) is 0 Å². The fourth-order valence-corrected chi connectivity index (χ4v) is 5.43. The lowest BCUT2D eigenvalue weighted by molar-refractivity contribution is -0.120. The summed E-state index contributed by atoms with van der Waals surface area (Å²) >= 11 is 12.0. The zero-order valence-electron chi connectivity index (χ0n) is 16.6. The van der Waals surface area contributed by atoms with E-state index in [2.05, 4.69) is 15.4 Å². The van der Waals surface area contributed by atoms with Crippen molar-refractivity contribution < 1.29 is 22.7 Å². The summed E-state index contributed by atoms with van der Waals surface area (Å²) < 4.78 is 31.6. The van der Waals surface area contributed by atoms with E-state index in [-0.39, 0.29) is 39.9 Å². The predicted molar refractivity (Wildman–Crippen MR) is 119 cm³/mol. The van der Waals surface area contributed by atoms with Crippen LogP contribution in [-0.4, -0.2) is 44.9 Å². The van der Waals surface area contributed by atoms with Gasteiger partial charge in [-0.2, -0.15) is 4.31 Å². The van der Waals surface area contributed by atoms with Crippen LogP contribution < -0.4 is 10.6 Å². The molecule has 8 nitrogen and oxygen atoms in total. The molecule has 2 aromatic carbocycles. The number of methoxy groups -OCH3 is 1. The molecule has 0 spiro atoms. The van der Waals surface area contributed by atoms with Crippen LogP contribution in [0.2, 0.25) is 10.0 Å². The van der Waals surface area contributed by atoms with Gasteiger partial charge in [-0.3, -0.25) is 10.1 Å². The first-order valence-corrected chi connectivity index (χ1v) is 11.6. The summed E-state index contributed by atoms with van der Waals surface area (Å²) in [5.74, 6) is -0.513. The molecule has 1 heterocycles. The zero-order valence-corrected chi connectivity index (χ0v) is 18.9. The topological polar surface area (TPSA) is 105 Å². The molecule has 31 heavy (non-hydrogen) atoms. The minimum absolute atomic E-state index is 0.0368. The average molecular weight is 486 g/mol. The van der Waals surface area contributed by atoms with Gasteiger partial charge >= 0.3 is 6.09 Å². The van der Waals surface area contributed by atoms with Crippen LogP contribution in [0.4, 0.5) is 16.2 Å². The highest BCUT2D eigenvalue weighted by atomic mass is 35.5. The summed E-state index contributed by atoms with van der Waals surface area (Å²) in [6.07, 6.45) is 0.175. The maximum absolute atomic E-state index is 12.9. The molecule has 166 valence electrons. The summed E-state index contributed by atoms with van der Waals surface area (Å²) in [5, 5.41) is 5.73. The highest BCUT2D eigenvalue weighted by Crippen LogP contribution is 2.30. The second kappa shape index (κ2) is 9.86. The number of hydrogen-bond donors (Lipinski definition) is 2. The van der Waals surface area contributed by atoms with Crippen molar-refractivity contribution in [1.29, 1.82) is 0 Å². The summed E-state index contributed by atoms with van der Waals surface area (Å²) in [6.45, 7) is 0.399. The van der Waals surface area contributed by atoms with Crippen molar-refractivity contribution in [3.8, 4) is 0 Å². The molecule has 1 aliphatic rings. The Balaban J connectivity index is 1.58. The second-order valence-corrected chi connectivity index (χ2v) is 9.69. The zero-order chi connectivity index (χ0) is 22.6. The number of carbonyl (C=O) groups excluding carboxylic acids is 2. The van der Waals surface area contributed by atoms with Gasteiger partial charge in [-0.15, -0.1) is 0 Å². The molecule has 2 N–H and O–H groups in total. The minimum Gasteiger partial charge on any atom is -0.453 e. The van der Waals surface area contributed by atoms with Gasteiger partial charge in [0.25, 0.3) is 0 Å². The van der Waals surface area contributed by atoms with Gasteiger partial charge in [0.05, 0.1) is 12.1 Å². The minimum atomic E-state index is -3.80. The normalized spacial score (nSPS) is 15.3. The quantitative estimate of drug-likeness (QED) is 0.659. The SMILES string of the molecule is COC(=O)Nc1ccc(NC(=O)C2CCN(S(=O)(=O)c3cc(Cl)ccc3Cl)CC2)cc1. The number of amides is 2. The Labute approximate surface area is 190 Å². The number of nitrogens with zero attached hydrogens (tertiary/aromatic N) is 1. The Morgan fingerprint density at radius 2 is 1.58 bits per heavy atom. The van der Waals surface area contributed by atoms with E-state index in [4.69, 9.17) is 23.2 Å². The van der Waals surface area contributed by atoms with E-state index in [1.807, 2.05) is 0 Å². The van der Waals surface area contributed by atoms with Gasteiger partial charge in [-0.25, -0.2) is 13.2 Å². The summed E-state index contributed by atoms with van der Waals surface area (Å²) in [5.41, 5.74) is 1.10. The van der Waals surface area contributed by atoms with Crippen LogP contribution in [0.3, 0.4) is 0 Å². The predicted octanol–water partition coefficient (Wildman–Crippen LogP) is 4.21. The Kier molecular flexibility index (Phi) is 7.42. The second-order valence-electron chi connectivity index (χ2n) is 6.94. The van der Waals surface area contributed by atoms with Gasteiger partial charge in [-0.1, -0.05) is 23.2 Å². The number of carbonyl (C=O) groups is 2. The van der Waals surface area contributed by atoms with Gasteiger partial charge in [0.1, 0.15) is 4.90 Å². The van der Waals surface area contributed by atoms with Crippen molar-refractivity contribution in [3.63, 3.8) is 0 Å². The number of hydrogen-bond acceptors (Lipinski definition) is 5. The number of ether oxygens (including phenoxy) is 1. The highest BCUT2D eigenvalue weighted by molar-refractivity contribution is 7.89. The molecule has 0 aromatic heterocycles. The standard InChI is InChI=1S/C20H21Cl2N3O5S/c1-30-20(27)24-16-5-3-15(4-6-16)23-19(26)13-8-10-25(11-9-13)31(28,29)18-12-14(21)2-7-17(18)22/h2-7,12-13H,8-11H2,1H3,(H,23,26)(H,24,27). The molecule has 0 radical (unpaired) electrons. The maximum Gasteiger partial charge on any atom is 0.411 e. The lowest BCUT2D eigenvalue weighted by atomic mass is 9.97. The lowest BCUT2D eigenvalue weighted by Crippen LogP contribution is -2.41. The van der Waals surface area contributed by atoms with Crippen LogP contribution in [0, 0.1) is 5.92 Å². The first-order valence-electron chi connectivity index (χ1n) is 9.42. The molecular weight excluding hydrogens is 465 g/mol. The number of piperidine rings is 1. The van der Waals surface area contributed by atoms with Crippen molar-refractivity contribution >= 4 is 56.6 Å². The number of rotatable bonds is 5. The van der Waals surface area contributed by atoms with Crippen LogP contribution in [0.1, 0.15) is 12.8 Å².